The molecule has 1 fully saturated rings. The third-order valence-electron chi connectivity index (χ3n) is 6.41. The van der Waals surface area contributed by atoms with Crippen LogP contribution in [0.1, 0.15) is 36.9 Å². The van der Waals surface area contributed by atoms with Gasteiger partial charge in [0, 0.05) is 46.0 Å². The number of piperidine rings is 1. The van der Waals surface area contributed by atoms with Crippen LogP contribution in [-0.2, 0) is 24.8 Å². The standard InChI is InChI=1S/C23H32N4O2/c1-25-14-20(24-17-25)15-27-12-11-21-19(13-27)9-4-3-7-18-8-5-6-10-22(18)29-16-23(28)26(21)2/h5-6,8,10,14,17,19,21H,3-4,7,9,11-13,15-16H2,1-2H3/t19-,21+/m0/s1. The molecule has 6 nitrogen and oxygen atoms in total. The van der Waals surface area contributed by atoms with Crippen LogP contribution < -0.4 is 4.74 Å². The van der Waals surface area contributed by atoms with Gasteiger partial charge in [-0.15, -0.1) is 0 Å². The molecule has 2 aromatic rings. The van der Waals surface area contributed by atoms with E-state index in [1.54, 1.807) is 0 Å². The van der Waals surface area contributed by atoms with Gasteiger partial charge >= 0.3 is 0 Å². The predicted molar refractivity (Wildman–Crippen MR) is 113 cm³/mol. The van der Waals surface area contributed by atoms with Crippen molar-refractivity contribution in [3.05, 3.63) is 48.0 Å². The molecule has 2 atom stereocenters. The van der Waals surface area contributed by atoms with Gasteiger partial charge in [0.1, 0.15) is 5.75 Å². The van der Waals surface area contributed by atoms with Crippen molar-refractivity contribution in [2.75, 3.05) is 26.7 Å². The number of carbonyl (C=O) groups excluding carboxylic acids is 1. The number of benzene rings is 1. The highest BCUT2D eigenvalue weighted by Crippen LogP contribution is 2.29. The molecule has 6 heteroatoms. The average molecular weight is 397 g/mol. The van der Waals surface area contributed by atoms with Crippen molar-refractivity contribution in [2.24, 2.45) is 13.0 Å². The second-order valence-electron chi connectivity index (χ2n) is 8.53. The summed E-state index contributed by atoms with van der Waals surface area (Å²) in [7, 11) is 3.96. The Morgan fingerprint density at radius 1 is 1.17 bits per heavy atom. The van der Waals surface area contributed by atoms with Gasteiger partial charge in [-0.25, -0.2) is 4.98 Å². The zero-order valence-corrected chi connectivity index (χ0v) is 17.6. The second kappa shape index (κ2) is 8.99. The Labute approximate surface area is 173 Å². The molecule has 1 aromatic heterocycles. The van der Waals surface area contributed by atoms with E-state index in [9.17, 15) is 4.79 Å². The zero-order chi connectivity index (χ0) is 20.2. The summed E-state index contributed by atoms with van der Waals surface area (Å²) in [6.07, 6.45) is 9.46. The molecule has 1 aromatic carbocycles. The minimum atomic E-state index is 0.0774. The van der Waals surface area contributed by atoms with Crippen molar-refractivity contribution >= 4 is 5.91 Å². The Bertz CT molecular complexity index is 834. The summed E-state index contributed by atoms with van der Waals surface area (Å²) < 4.78 is 7.92. The van der Waals surface area contributed by atoms with Crippen molar-refractivity contribution in [3.8, 4) is 5.75 Å². The highest BCUT2D eigenvalue weighted by atomic mass is 16.5. The minimum absolute atomic E-state index is 0.0774. The number of carbonyl (C=O) groups is 1. The number of likely N-dealkylation sites (N-methyl/N-ethyl adjacent to an activating group) is 1. The van der Waals surface area contributed by atoms with Crippen molar-refractivity contribution in [2.45, 2.75) is 44.7 Å². The van der Waals surface area contributed by atoms with E-state index in [2.05, 4.69) is 28.2 Å². The normalized spacial score (nSPS) is 24.1. The smallest absolute Gasteiger partial charge is 0.260 e. The maximum absolute atomic E-state index is 12.8. The molecule has 0 saturated carbocycles. The van der Waals surface area contributed by atoms with E-state index in [4.69, 9.17) is 4.74 Å². The second-order valence-corrected chi connectivity index (χ2v) is 8.53. The van der Waals surface area contributed by atoms with Crippen LogP contribution in [0.3, 0.4) is 0 Å². The van der Waals surface area contributed by atoms with Gasteiger partial charge in [-0.1, -0.05) is 24.6 Å². The molecule has 0 spiro atoms. The maximum atomic E-state index is 12.8. The molecule has 2 aliphatic heterocycles. The monoisotopic (exact) mass is 396 g/mol. The first kappa shape index (κ1) is 20.0. The first-order chi connectivity index (χ1) is 14.1. The first-order valence-electron chi connectivity index (χ1n) is 10.8. The van der Waals surface area contributed by atoms with Crippen molar-refractivity contribution < 1.29 is 9.53 Å². The van der Waals surface area contributed by atoms with Crippen LogP contribution in [0.4, 0.5) is 0 Å². The summed E-state index contributed by atoms with van der Waals surface area (Å²) in [4.78, 5) is 21.8. The van der Waals surface area contributed by atoms with Gasteiger partial charge in [0.15, 0.2) is 6.61 Å². The number of amides is 1. The molecule has 1 saturated heterocycles. The highest BCUT2D eigenvalue weighted by Gasteiger charge is 2.34. The Morgan fingerprint density at radius 3 is 2.86 bits per heavy atom. The molecule has 0 N–H and O–H groups in total. The zero-order valence-electron chi connectivity index (χ0n) is 17.6. The molecule has 3 heterocycles. The Kier molecular flexibility index (Phi) is 6.19. The summed E-state index contributed by atoms with van der Waals surface area (Å²) in [5.41, 5.74) is 2.33. The first-order valence-corrected chi connectivity index (χ1v) is 10.8. The fraction of sp³-hybridized carbons (Fsp3) is 0.565. The minimum Gasteiger partial charge on any atom is -0.483 e. The number of para-hydroxylation sites is 1. The van der Waals surface area contributed by atoms with Crippen molar-refractivity contribution in [3.63, 3.8) is 0 Å². The van der Waals surface area contributed by atoms with Crippen LogP contribution in [0.15, 0.2) is 36.8 Å². The van der Waals surface area contributed by atoms with E-state index in [0.29, 0.717) is 12.0 Å². The number of nitrogens with zero attached hydrogens (tertiary/aromatic N) is 4. The van der Waals surface area contributed by atoms with E-state index >= 15 is 0 Å². The lowest BCUT2D eigenvalue weighted by Crippen LogP contribution is -2.52. The quantitative estimate of drug-likeness (QED) is 0.783. The summed E-state index contributed by atoms with van der Waals surface area (Å²) in [5.74, 6) is 1.43. The molecular formula is C23H32N4O2. The number of hydrogen-bond acceptors (Lipinski definition) is 4. The van der Waals surface area contributed by atoms with Gasteiger partial charge in [0.25, 0.3) is 5.91 Å². The van der Waals surface area contributed by atoms with Crippen LogP contribution in [0, 0.1) is 5.92 Å². The molecule has 0 radical (unpaired) electrons. The van der Waals surface area contributed by atoms with Gasteiger partial charge in [0.2, 0.25) is 0 Å². The molecule has 4 rings (SSSR count). The van der Waals surface area contributed by atoms with Crippen LogP contribution in [0.2, 0.25) is 0 Å². The van der Waals surface area contributed by atoms with E-state index in [-0.39, 0.29) is 12.5 Å². The number of fused-ring (bicyclic) bond motifs is 2. The molecular weight excluding hydrogens is 364 g/mol. The largest absolute Gasteiger partial charge is 0.483 e. The number of hydrogen-bond donors (Lipinski definition) is 0. The van der Waals surface area contributed by atoms with Gasteiger partial charge in [-0.2, -0.15) is 0 Å². The lowest BCUT2D eigenvalue weighted by Gasteiger charge is -2.43. The van der Waals surface area contributed by atoms with Crippen LogP contribution in [0.5, 0.6) is 5.75 Å². The van der Waals surface area contributed by atoms with Gasteiger partial charge in [-0.3, -0.25) is 9.69 Å². The molecule has 2 aliphatic rings. The summed E-state index contributed by atoms with van der Waals surface area (Å²) in [5, 5.41) is 0. The summed E-state index contributed by atoms with van der Waals surface area (Å²) >= 11 is 0. The predicted octanol–water partition coefficient (Wildman–Crippen LogP) is 2.87. The molecule has 1 amide bonds. The van der Waals surface area contributed by atoms with Crippen LogP contribution in [0.25, 0.3) is 0 Å². The lowest BCUT2D eigenvalue weighted by atomic mass is 9.86. The van der Waals surface area contributed by atoms with Crippen molar-refractivity contribution in [1.82, 2.24) is 19.4 Å². The SMILES string of the molecule is CN1C(=O)COc2ccccc2CCCC[C@H]2CN(Cc3cn(C)cn3)CC[C@H]21. The topological polar surface area (TPSA) is 50.6 Å². The fourth-order valence-corrected chi connectivity index (χ4v) is 4.81. The fourth-order valence-electron chi connectivity index (χ4n) is 4.81. The highest BCUT2D eigenvalue weighted by molar-refractivity contribution is 5.78. The average Bonchev–Trinajstić information content (AvgIpc) is 3.13. The number of aromatic nitrogens is 2. The Balaban J connectivity index is 1.46. The molecule has 0 unspecified atom stereocenters. The molecule has 29 heavy (non-hydrogen) atoms. The van der Waals surface area contributed by atoms with Crippen LogP contribution >= 0.6 is 0 Å². The lowest BCUT2D eigenvalue weighted by molar-refractivity contribution is -0.136. The Hall–Kier alpha value is -2.34. The van der Waals surface area contributed by atoms with E-state index in [0.717, 1.165) is 56.8 Å². The van der Waals surface area contributed by atoms with Gasteiger partial charge in [0.05, 0.1) is 12.0 Å². The molecule has 0 bridgehead atoms. The number of rotatable bonds is 2. The van der Waals surface area contributed by atoms with E-state index in [1.807, 2.05) is 42.0 Å². The van der Waals surface area contributed by atoms with Crippen LogP contribution in [-0.4, -0.2) is 58.0 Å². The number of imidazole rings is 1. The number of aryl methyl sites for hydroxylation is 2. The summed E-state index contributed by atoms with van der Waals surface area (Å²) in [6.45, 7) is 3.03. The number of likely N-dealkylation sites (tertiary alicyclic amines) is 1. The van der Waals surface area contributed by atoms with Crippen molar-refractivity contribution in [1.29, 1.82) is 0 Å². The maximum Gasteiger partial charge on any atom is 0.260 e. The third-order valence-corrected chi connectivity index (χ3v) is 6.41. The van der Waals surface area contributed by atoms with Gasteiger partial charge in [-0.05, 0) is 43.2 Å². The number of ether oxygens (including phenoxy) is 1. The molecule has 0 aliphatic carbocycles. The summed E-state index contributed by atoms with van der Waals surface area (Å²) in [6, 6.07) is 8.42. The Morgan fingerprint density at radius 2 is 2.03 bits per heavy atom. The third kappa shape index (κ3) is 4.81. The van der Waals surface area contributed by atoms with E-state index in [1.165, 1.54) is 12.0 Å². The van der Waals surface area contributed by atoms with Gasteiger partial charge < -0.3 is 14.2 Å². The van der Waals surface area contributed by atoms with E-state index < -0.39 is 0 Å². The molecule has 156 valence electrons.